The van der Waals surface area contributed by atoms with Crippen molar-refractivity contribution >= 4 is 17.5 Å². The molecule has 3 rings (SSSR count). The fourth-order valence-corrected chi connectivity index (χ4v) is 3.51. The van der Waals surface area contributed by atoms with Crippen molar-refractivity contribution in [2.75, 3.05) is 25.0 Å². The monoisotopic (exact) mass is 379 g/mol. The molecule has 0 unspecified atom stereocenters. The predicted octanol–water partition coefficient (Wildman–Crippen LogP) is 3.27. The Morgan fingerprint density at radius 2 is 1.71 bits per heavy atom. The molecule has 5 nitrogen and oxygen atoms in total. The van der Waals surface area contributed by atoms with E-state index in [-0.39, 0.29) is 17.7 Å². The number of nitrogens with zero attached hydrogens (tertiary/aromatic N) is 1. The van der Waals surface area contributed by atoms with Gasteiger partial charge in [0, 0.05) is 18.2 Å². The van der Waals surface area contributed by atoms with E-state index in [1.807, 2.05) is 55.5 Å². The fourth-order valence-electron chi connectivity index (χ4n) is 3.51. The number of rotatable bonds is 6. The van der Waals surface area contributed by atoms with Gasteiger partial charge in [0.2, 0.25) is 11.8 Å². The average molecular weight is 380 g/mol. The molecule has 2 aromatic rings. The molecule has 0 radical (unpaired) electrons. The van der Waals surface area contributed by atoms with Crippen LogP contribution in [0.25, 0.3) is 0 Å². The molecule has 0 atom stereocenters. The molecule has 0 saturated carbocycles. The molecule has 1 aliphatic rings. The number of amides is 2. The Morgan fingerprint density at radius 3 is 2.39 bits per heavy atom. The number of nitrogens with one attached hydrogen (secondary N) is 2. The van der Waals surface area contributed by atoms with Crippen molar-refractivity contribution < 1.29 is 9.59 Å². The van der Waals surface area contributed by atoms with Crippen LogP contribution in [0.2, 0.25) is 0 Å². The minimum Gasteiger partial charge on any atom is -0.352 e. The first-order chi connectivity index (χ1) is 13.5. The lowest BCUT2D eigenvalue weighted by molar-refractivity contribution is -0.126. The second-order valence-electron chi connectivity index (χ2n) is 7.60. The summed E-state index contributed by atoms with van der Waals surface area (Å²) >= 11 is 0. The highest BCUT2D eigenvalue weighted by atomic mass is 16.2. The van der Waals surface area contributed by atoms with E-state index >= 15 is 0 Å². The first-order valence-electron chi connectivity index (χ1n) is 9.92. The fraction of sp³-hybridized carbons (Fsp3) is 0.391. The van der Waals surface area contributed by atoms with Crippen LogP contribution < -0.4 is 10.6 Å². The second-order valence-corrected chi connectivity index (χ2v) is 7.60. The second kappa shape index (κ2) is 9.51. The number of hydrogen-bond donors (Lipinski definition) is 2. The highest BCUT2D eigenvalue weighted by Gasteiger charge is 2.25. The number of hydrogen-bond acceptors (Lipinski definition) is 3. The quantitative estimate of drug-likeness (QED) is 0.810. The molecular weight excluding hydrogens is 350 g/mol. The van der Waals surface area contributed by atoms with Crippen molar-refractivity contribution in [1.82, 2.24) is 10.2 Å². The molecule has 1 fully saturated rings. The standard InChI is InChI=1S/C23H29N3O2/c1-17-8-9-21(14-18(17)2)25-22(27)16-26-12-10-20(11-13-26)23(28)24-15-19-6-4-3-5-7-19/h3-9,14,20H,10-13,15-16H2,1-2H3,(H,24,28)(H,25,27). The Balaban J connectivity index is 1.40. The van der Waals surface area contributed by atoms with Gasteiger partial charge in [-0.3, -0.25) is 14.5 Å². The third kappa shape index (κ3) is 5.67. The highest BCUT2D eigenvalue weighted by molar-refractivity contribution is 5.92. The number of likely N-dealkylation sites (tertiary alicyclic amines) is 1. The van der Waals surface area contributed by atoms with Crippen LogP contribution in [0.5, 0.6) is 0 Å². The Morgan fingerprint density at radius 1 is 1.00 bits per heavy atom. The van der Waals surface area contributed by atoms with Gasteiger partial charge in [-0.15, -0.1) is 0 Å². The molecule has 0 spiro atoms. The number of carbonyl (C=O) groups excluding carboxylic acids is 2. The van der Waals surface area contributed by atoms with E-state index < -0.39 is 0 Å². The van der Waals surface area contributed by atoms with Gasteiger partial charge in [-0.1, -0.05) is 36.4 Å². The van der Waals surface area contributed by atoms with Gasteiger partial charge >= 0.3 is 0 Å². The zero-order valence-electron chi connectivity index (χ0n) is 16.7. The van der Waals surface area contributed by atoms with Gasteiger partial charge in [-0.25, -0.2) is 0 Å². The normalized spacial score (nSPS) is 15.2. The van der Waals surface area contributed by atoms with Crippen LogP contribution in [-0.2, 0) is 16.1 Å². The third-order valence-electron chi connectivity index (χ3n) is 5.43. The number of benzene rings is 2. The summed E-state index contributed by atoms with van der Waals surface area (Å²) in [5.41, 5.74) is 4.32. The predicted molar refractivity (Wildman–Crippen MR) is 112 cm³/mol. The van der Waals surface area contributed by atoms with Gasteiger partial charge in [0.05, 0.1) is 6.54 Å². The topological polar surface area (TPSA) is 61.4 Å². The summed E-state index contributed by atoms with van der Waals surface area (Å²) in [6.07, 6.45) is 1.58. The minimum absolute atomic E-state index is 0.00441. The molecule has 0 aliphatic carbocycles. The van der Waals surface area contributed by atoms with E-state index in [4.69, 9.17) is 0 Å². The molecule has 2 aromatic carbocycles. The molecule has 2 N–H and O–H groups in total. The first kappa shape index (κ1) is 20.1. The summed E-state index contributed by atoms with van der Waals surface area (Å²) in [6.45, 7) is 6.57. The number of piperidine rings is 1. The SMILES string of the molecule is Cc1ccc(NC(=O)CN2CCC(C(=O)NCc3ccccc3)CC2)cc1C. The largest absolute Gasteiger partial charge is 0.352 e. The zero-order valence-corrected chi connectivity index (χ0v) is 16.7. The summed E-state index contributed by atoms with van der Waals surface area (Å²) in [6, 6.07) is 15.9. The molecule has 1 saturated heterocycles. The van der Waals surface area contributed by atoms with Crippen molar-refractivity contribution in [2.24, 2.45) is 5.92 Å². The van der Waals surface area contributed by atoms with Crippen molar-refractivity contribution in [1.29, 1.82) is 0 Å². The van der Waals surface area contributed by atoms with Gasteiger partial charge in [0.25, 0.3) is 0 Å². The van der Waals surface area contributed by atoms with Crippen LogP contribution in [0.3, 0.4) is 0 Å². The summed E-state index contributed by atoms with van der Waals surface area (Å²) in [4.78, 5) is 26.8. The Hall–Kier alpha value is -2.66. The number of aryl methyl sites for hydroxylation is 2. The van der Waals surface area contributed by atoms with Crippen LogP contribution in [0.1, 0.15) is 29.5 Å². The molecule has 28 heavy (non-hydrogen) atoms. The van der Waals surface area contributed by atoms with Gasteiger partial charge in [-0.2, -0.15) is 0 Å². The van der Waals surface area contributed by atoms with Crippen LogP contribution in [0.4, 0.5) is 5.69 Å². The first-order valence-corrected chi connectivity index (χ1v) is 9.92. The zero-order chi connectivity index (χ0) is 19.9. The Bertz CT molecular complexity index is 812. The van der Waals surface area contributed by atoms with Crippen molar-refractivity contribution in [3.05, 3.63) is 65.2 Å². The average Bonchev–Trinajstić information content (AvgIpc) is 2.70. The van der Waals surface area contributed by atoms with Gasteiger partial charge < -0.3 is 10.6 Å². The lowest BCUT2D eigenvalue weighted by Crippen LogP contribution is -2.43. The Kier molecular flexibility index (Phi) is 6.82. The maximum Gasteiger partial charge on any atom is 0.238 e. The summed E-state index contributed by atoms with van der Waals surface area (Å²) in [7, 11) is 0. The molecule has 1 heterocycles. The smallest absolute Gasteiger partial charge is 0.238 e. The van der Waals surface area contributed by atoms with Gasteiger partial charge in [-0.05, 0) is 68.6 Å². The molecule has 0 bridgehead atoms. The third-order valence-corrected chi connectivity index (χ3v) is 5.43. The summed E-state index contributed by atoms with van der Waals surface area (Å²) in [5, 5.41) is 6.00. The summed E-state index contributed by atoms with van der Waals surface area (Å²) in [5.74, 6) is 0.140. The molecule has 0 aromatic heterocycles. The van der Waals surface area contributed by atoms with E-state index in [2.05, 4.69) is 22.5 Å². The maximum absolute atomic E-state index is 12.4. The van der Waals surface area contributed by atoms with E-state index in [1.54, 1.807) is 0 Å². The van der Waals surface area contributed by atoms with E-state index in [9.17, 15) is 9.59 Å². The van der Waals surface area contributed by atoms with Crippen LogP contribution >= 0.6 is 0 Å². The highest BCUT2D eigenvalue weighted by Crippen LogP contribution is 2.18. The molecule has 1 aliphatic heterocycles. The number of anilines is 1. The Labute approximate surface area is 167 Å². The summed E-state index contributed by atoms with van der Waals surface area (Å²) < 4.78 is 0. The van der Waals surface area contributed by atoms with E-state index in [0.29, 0.717) is 13.1 Å². The van der Waals surface area contributed by atoms with Crippen LogP contribution in [0.15, 0.2) is 48.5 Å². The minimum atomic E-state index is -0.00441. The lowest BCUT2D eigenvalue weighted by Gasteiger charge is -2.30. The van der Waals surface area contributed by atoms with Crippen LogP contribution in [-0.4, -0.2) is 36.3 Å². The maximum atomic E-state index is 12.4. The van der Waals surface area contributed by atoms with Crippen LogP contribution in [0, 0.1) is 19.8 Å². The van der Waals surface area contributed by atoms with E-state index in [0.717, 1.165) is 37.2 Å². The van der Waals surface area contributed by atoms with Crippen molar-refractivity contribution in [2.45, 2.75) is 33.2 Å². The molecule has 148 valence electrons. The molecular formula is C23H29N3O2. The van der Waals surface area contributed by atoms with Crippen molar-refractivity contribution in [3.8, 4) is 0 Å². The molecule has 2 amide bonds. The molecule has 5 heteroatoms. The van der Waals surface area contributed by atoms with Gasteiger partial charge in [0.1, 0.15) is 0 Å². The number of carbonyl (C=O) groups is 2. The van der Waals surface area contributed by atoms with Crippen molar-refractivity contribution in [3.63, 3.8) is 0 Å². The van der Waals surface area contributed by atoms with E-state index in [1.165, 1.54) is 11.1 Å². The van der Waals surface area contributed by atoms with Gasteiger partial charge in [0.15, 0.2) is 0 Å². The lowest BCUT2D eigenvalue weighted by atomic mass is 9.96.